The van der Waals surface area contributed by atoms with Gasteiger partial charge in [0.25, 0.3) is 5.69 Å². The number of carbonyl (C=O) groups excluding carboxylic acids is 2. The van der Waals surface area contributed by atoms with Crippen LogP contribution in [0, 0.1) is 28.5 Å². The fourth-order valence-electron chi connectivity index (χ4n) is 3.71. The maximum Gasteiger partial charge on any atom is 0.513 e. The molecular formula is C24H23FN6O8. The van der Waals surface area contributed by atoms with E-state index >= 15 is 0 Å². The average Bonchev–Trinajstić information content (AvgIpc) is 3.47. The molecule has 2 atom stereocenters. The first-order valence-corrected chi connectivity index (χ1v) is 11.5. The van der Waals surface area contributed by atoms with E-state index in [-0.39, 0.29) is 41.4 Å². The van der Waals surface area contributed by atoms with Crippen molar-refractivity contribution in [3.63, 3.8) is 0 Å². The Morgan fingerprint density at radius 1 is 1.33 bits per heavy atom. The van der Waals surface area contributed by atoms with Crippen molar-refractivity contribution < 1.29 is 37.9 Å². The molecule has 1 aliphatic rings. The number of rotatable bonds is 6. The Bertz CT molecular complexity index is 1460. The summed E-state index contributed by atoms with van der Waals surface area (Å²) in [6, 6.07) is 4.84. The number of fused-ring (bicyclic) bond motifs is 1. The molecule has 0 aliphatic carbocycles. The van der Waals surface area contributed by atoms with E-state index in [1.165, 1.54) is 35.2 Å². The van der Waals surface area contributed by atoms with Gasteiger partial charge in [0.1, 0.15) is 24.2 Å². The molecule has 1 saturated heterocycles. The van der Waals surface area contributed by atoms with Crippen molar-refractivity contribution in [2.75, 3.05) is 11.9 Å². The number of terminal acetylenes is 1. The number of ether oxygens (including phenoxy) is 4. The Kier molecular flexibility index (Phi) is 7.32. The molecule has 4 rings (SSSR count). The topological polar surface area (TPSA) is 170 Å². The van der Waals surface area contributed by atoms with Crippen LogP contribution in [0.5, 0.6) is 5.75 Å². The van der Waals surface area contributed by atoms with Crippen LogP contribution in [0.3, 0.4) is 0 Å². The number of nitrogens with zero attached hydrogens (tertiary/aromatic N) is 5. The van der Waals surface area contributed by atoms with Crippen molar-refractivity contribution in [2.24, 2.45) is 0 Å². The van der Waals surface area contributed by atoms with Crippen molar-refractivity contribution in [1.29, 1.82) is 0 Å². The van der Waals surface area contributed by atoms with Crippen molar-refractivity contribution in [2.45, 2.75) is 51.0 Å². The third-order valence-electron chi connectivity index (χ3n) is 5.42. The number of anilines is 1. The van der Waals surface area contributed by atoms with Crippen LogP contribution in [0.25, 0.3) is 11.2 Å². The highest BCUT2D eigenvalue weighted by molar-refractivity contribution is 5.93. The Morgan fingerprint density at radius 3 is 2.69 bits per heavy atom. The fourth-order valence-corrected chi connectivity index (χ4v) is 3.71. The molecule has 0 radical (unpaired) electrons. The molecule has 0 saturated carbocycles. The number of benzene rings is 1. The number of imidazole rings is 1. The molecule has 204 valence electrons. The lowest BCUT2D eigenvalue weighted by atomic mass is 10.0. The van der Waals surface area contributed by atoms with E-state index < -0.39 is 40.7 Å². The van der Waals surface area contributed by atoms with Gasteiger partial charge in [-0.1, -0.05) is 5.92 Å². The molecular weight excluding hydrogens is 519 g/mol. The molecule has 14 nitrogen and oxygen atoms in total. The minimum absolute atomic E-state index is 0.0323. The number of nitrogens with one attached hydrogen (secondary N) is 1. The highest BCUT2D eigenvalue weighted by Gasteiger charge is 2.42. The van der Waals surface area contributed by atoms with E-state index in [1.54, 1.807) is 20.8 Å². The lowest BCUT2D eigenvalue weighted by molar-refractivity contribution is -0.384. The molecule has 2 aromatic heterocycles. The summed E-state index contributed by atoms with van der Waals surface area (Å²) in [7, 11) is 0. The lowest BCUT2D eigenvalue weighted by Gasteiger charge is -2.23. The molecule has 0 bridgehead atoms. The molecule has 3 heterocycles. The molecule has 0 unspecified atom stereocenters. The first-order chi connectivity index (χ1) is 18.4. The number of amides is 1. The van der Waals surface area contributed by atoms with Crippen LogP contribution in [-0.2, 0) is 14.2 Å². The Hall–Kier alpha value is -4.84. The molecule has 3 aromatic rings. The van der Waals surface area contributed by atoms with Gasteiger partial charge in [0, 0.05) is 12.1 Å². The van der Waals surface area contributed by atoms with E-state index in [4.69, 9.17) is 25.4 Å². The SMILES string of the molecule is C#C[C@@]1(COC(=O)Oc2ccc([N+](=O)[O-])cc2)CC[C@H](n2cnc3c(NC(=O)OC(C)(C)C)nc(F)nc32)O1. The summed E-state index contributed by atoms with van der Waals surface area (Å²) in [5.74, 6) is 2.33. The molecule has 1 amide bonds. The minimum atomic E-state index is -1.33. The number of halogens is 1. The van der Waals surface area contributed by atoms with Crippen LogP contribution in [-0.4, -0.2) is 54.5 Å². The average molecular weight is 542 g/mol. The van der Waals surface area contributed by atoms with Gasteiger partial charge in [-0.05, 0) is 45.7 Å². The van der Waals surface area contributed by atoms with Crippen LogP contribution in [0.4, 0.5) is 25.5 Å². The van der Waals surface area contributed by atoms with E-state index in [2.05, 4.69) is 26.2 Å². The molecule has 1 aromatic carbocycles. The number of aromatic nitrogens is 4. The zero-order chi connectivity index (χ0) is 28.4. The Balaban J connectivity index is 1.44. The summed E-state index contributed by atoms with van der Waals surface area (Å²) in [6.45, 7) is 4.65. The van der Waals surface area contributed by atoms with Gasteiger partial charge in [-0.2, -0.15) is 14.4 Å². The first kappa shape index (κ1) is 27.2. The van der Waals surface area contributed by atoms with E-state index in [0.29, 0.717) is 6.42 Å². The molecule has 1 fully saturated rings. The monoisotopic (exact) mass is 542 g/mol. The van der Waals surface area contributed by atoms with Gasteiger partial charge >= 0.3 is 18.3 Å². The fraction of sp³-hybridized carbons (Fsp3) is 0.375. The summed E-state index contributed by atoms with van der Waals surface area (Å²) >= 11 is 0. The second-order valence-electron chi connectivity index (χ2n) is 9.43. The minimum Gasteiger partial charge on any atom is -0.444 e. The largest absolute Gasteiger partial charge is 0.513 e. The zero-order valence-corrected chi connectivity index (χ0v) is 21.0. The van der Waals surface area contributed by atoms with Crippen molar-refractivity contribution in [3.05, 3.63) is 46.8 Å². The number of non-ortho nitro benzene ring substituents is 1. The molecule has 39 heavy (non-hydrogen) atoms. The van der Waals surface area contributed by atoms with Crippen molar-refractivity contribution in [3.8, 4) is 18.1 Å². The summed E-state index contributed by atoms with van der Waals surface area (Å²) in [6.07, 6.45) is 3.80. The number of hydrogen-bond acceptors (Lipinski definition) is 11. The predicted molar refractivity (Wildman–Crippen MR) is 131 cm³/mol. The Labute approximate surface area is 220 Å². The van der Waals surface area contributed by atoms with Gasteiger partial charge in [0.2, 0.25) is 0 Å². The van der Waals surface area contributed by atoms with Crippen LogP contribution in [0.1, 0.15) is 39.8 Å². The standard InChI is InChI=1S/C24H23FN6O8/c1-5-24(12-36-22(33)37-15-8-6-14(7-9-15)31(34)35)11-10-16(38-24)30-13-26-17-18(27-20(25)29-19(17)30)28-21(32)39-23(2,3)4/h1,6-9,13,16H,10-12H2,2-4H3,(H,27,28,29,32)/t16-,24+/m1/s1. The van der Waals surface area contributed by atoms with Crippen LogP contribution in [0.2, 0.25) is 0 Å². The maximum atomic E-state index is 14.3. The predicted octanol–water partition coefficient (Wildman–Crippen LogP) is 4.12. The highest BCUT2D eigenvalue weighted by atomic mass is 19.1. The number of nitro benzene ring substituents is 1. The molecule has 15 heteroatoms. The lowest BCUT2D eigenvalue weighted by Crippen LogP contribution is -2.34. The first-order valence-electron chi connectivity index (χ1n) is 11.5. The van der Waals surface area contributed by atoms with Gasteiger partial charge in [0.15, 0.2) is 22.6 Å². The summed E-state index contributed by atoms with van der Waals surface area (Å²) in [4.78, 5) is 46.1. The molecule has 1 N–H and O–H groups in total. The zero-order valence-electron chi connectivity index (χ0n) is 21.0. The van der Waals surface area contributed by atoms with Gasteiger partial charge < -0.3 is 18.9 Å². The third kappa shape index (κ3) is 6.36. The summed E-state index contributed by atoms with van der Waals surface area (Å²) in [5.41, 5.74) is -2.17. The van der Waals surface area contributed by atoms with Crippen LogP contribution in [0.15, 0.2) is 30.6 Å². The smallest absolute Gasteiger partial charge is 0.444 e. The second kappa shape index (κ2) is 10.5. The second-order valence-corrected chi connectivity index (χ2v) is 9.43. The highest BCUT2D eigenvalue weighted by Crippen LogP contribution is 2.38. The number of nitro groups is 1. The van der Waals surface area contributed by atoms with Gasteiger partial charge in [-0.15, -0.1) is 6.42 Å². The summed E-state index contributed by atoms with van der Waals surface area (Å²) in [5, 5.41) is 13.1. The third-order valence-corrected chi connectivity index (χ3v) is 5.42. The Morgan fingerprint density at radius 2 is 2.05 bits per heavy atom. The van der Waals surface area contributed by atoms with E-state index in [1.807, 2.05) is 0 Å². The van der Waals surface area contributed by atoms with Gasteiger partial charge in [0.05, 0.1) is 11.3 Å². The van der Waals surface area contributed by atoms with Crippen LogP contribution >= 0.6 is 0 Å². The van der Waals surface area contributed by atoms with Gasteiger partial charge in [-0.25, -0.2) is 14.6 Å². The van der Waals surface area contributed by atoms with Crippen molar-refractivity contribution in [1.82, 2.24) is 19.5 Å². The van der Waals surface area contributed by atoms with Crippen molar-refractivity contribution >= 4 is 34.9 Å². The number of carbonyl (C=O) groups is 2. The van der Waals surface area contributed by atoms with Crippen LogP contribution < -0.4 is 10.1 Å². The summed E-state index contributed by atoms with van der Waals surface area (Å²) < 4.78 is 37.0. The van der Waals surface area contributed by atoms with E-state index in [9.17, 15) is 24.1 Å². The van der Waals surface area contributed by atoms with Gasteiger partial charge in [-0.3, -0.25) is 20.0 Å². The normalized spacial score (nSPS) is 18.8. The molecule has 1 aliphatic heterocycles. The molecule has 0 spiro atoms. The van der Waals surface area contributed by atoms with E-state index in [0.717, 1.165) is 0 Å². The quantitative estimate of drug-likeness (QED) is 0.119. The number of hydrogen-bond donors (Lipinski definition) is 1. The maximum absolute atomic E-state index is 14.3.